The summed E-state index contributed by atoms with van der Waals surface area (Å²) in [5.74, 6) is 0.191. The molecule has 0 aliphatic carbocycles. The van der Waals surface area contributed by atoms with Gasteiger partial charge in [0.1, 0.15) is 0 Å². The van der Waals surface area contributed by atoms with Crippen molar-refractivity contribution in [2.45, 2.75) is 25.4 Å². The van der Waals surface area contributed by atoms with Crippen molar-refractivity contribution in [1.29, 1.82) is 0 Å². The van der Waals surface area contributed by atoms with E-state index in [0.29, 0.717) is 0 Å². The predicted molar refractivity (Wildman–Crippen MR) is 112 cm³/mol. The Hall–Kier alpha value is -2.77. The van der Waals surface area contributed by atoms with Crippen LogP contribution in [0.5, 0.6) is 0 Å². The molecule has 0 unspecified atom stereocenters. The van der Waals surface area contributed by atoms with Crippen molar-refractivity contribution in [1.82, 2.24) is 9.80 Å². The van der Waals surface area contributed by atoms with E-state index >= 15 is 0 Å². The van der Waals surface area contributed by atoms with E-state index in [1.165, 1.54) is 6.07 Å². The molecule has 7 heteroatoms. The fourth-order valence-corrected chi connectivity index (χ4v) is 4.41. The van der Waals surface area contributed by atoms with Gasteiger partial charge in [-0.1, -0.05) is 30.3 Å². The maximum Gasteiger partial charge on any atom is 0.269 e. The summed E-state index contributed by atoms with van der Waals surface area (Å²) < 4.78 is 0. The first-order valence-electron chi connectivity index (χ1n) is 10.1. The number of anilines is 1. The predicted octanol–water partition coefficient (Wildman–Crippen LogP) is 3.08. The van der Waals surface area contributed by atoms with E-state index in [0.717, 1.165) is 50.4 Å². The average Bonchev–Trinajstić information content (AvgIpc) is 3.15. The maximum absolute atomic E-state index is 13.0. The molecule has 0 spiro atoms. The summed E-state index contributed by atoms with van der Waals surface area (Å²) in [6.07, 6.45) is 0.855. The van der Waals surface area contributed by atoms with Gasteiger partial charge in [0.2, 0.25) is 5.91 Å². The Kier molecular flexibility index (Phi) is 5.60. The zero-order chi connectivity index (χ0) is 20.4. The number of para-hydroxylation sites is 1. The van der Waals surface area contributed by atoms with Gasteiger partial charge in [-0.3, -0.25) is 24.7 Å². The number of rotatable bonds is 5. The monoisotopic (exact) mass is 394 g/mol. The van der Waals surface area contributed by atoms with E-state index in [2.05, 4.69) is 16.7 Å². The van der Waals surface area contributed by atoms with Crippen molar-refractivity contribution >= 4 is 17.3 Å². The molecule has 0 bridgehead atoms. The summed E-state index contributed by atoms with van der Waals surface area (Å²) >= 11 is 0. The summed E-state index contributed by atoms with van der Waals surface area (Å²) in [6, 6.07) is 16.8. The van der Waals surface area contributed by atoms with Crippen molar-refractivity contribution in [3.8, 4) is 0 Å². The lowest BCUT2D eigenvalue weighted by molar-refractivity contribution is -0.385. The van der Waals surface area contributed by atoms with Crippen LogP contribution in [-0.4, -0.2) is 59.4 Å². The first-order chi connectivity index (χ1) is 14.0. The van der Waals surface area contributed by atoms with Crippen molar-refractivity contribution in [2.24, 2.45) is 0 Å². The fraction of sp³-hybridized carbons (Fsp3) is 0.409. The van der Waals surface area contributed by atoms with Crippen molar-refractivity contribution in [3.05, 3.63) is 70.3 Å². The quantitative estimate of drug-likeness (QED) is 0.576. The third-order valence-corrected chi connectivity index (χ3v) is 6.15. The number of amides is 1. The highest BCUT2D eigenvalue weighted by Crippen LogP contribution is 2.28. The second-order valence-electron chi connectivity index (χ2n) is 7.73. The molecule has 2 atom stereocenters. The Bertz CT molecular complexity index is 881. The molecule has 152 valence electrons. The van der Waals surface area contributed by atoms with Crippen LogP contribution in [0.1, 0.15) is 24.9 Å². The zero-order valence-corrected chi connectivity index (χ0v) is 16.6. The number of benzene rings is 2. The number of piperazine rings is 1. The largest absolute Gasteiger partial charge is 0.311 e. The molecule has 29 heavy (non-hydrogen) atoms. The number of hydrogen-bond acceptors (Lipinski definition) is 5. The van der Waals surface area contributed by atoms with Gasteiger partial charge in [-0.2, -0.15) is 0 Å². The van der Waals surface area contributed by atoms with E-state index in [4.69, 9.17) is 0 Å². The van der Waals surface area contributed by atoms with E-state index in [9.17, 15) is 14.9 Å². The lowest BCUT2D eigenvalue weighted by Crippen LogP contribution is -2.52. The van der Waals surface area contributed by atoms with E-state index in [1.807, 2.05) is 41.3 Å². The minimum Gasteiger partial charge on any atom is -0.311 e. The van der Waals surface area contributed by atoms with Crippen molar-refractivity contribution in [2.75, 3.05) is 37.6 Å². The SMILES string of the molecule is C[C@@H](c1cccc([N+](=O)[O-])c1)N1CCN([C@@H]2CCN(c3ccccc3)C2=O)CC1. The van der Waals surface area contributed by atoms with Gasteiger partial charge in [0, 0.05) is 56.6 Å². The molecule has 0 saturated carbocycles. The summed E-state index contributed by atoms with van der Waals surface area (Å²) in [6.45, 7) is 6.21. The number of nitro groups is 1. The Morgan fingerprint density at radius 1 is 1.00 bits per heavy atom. The van der Waals surface area contributed by atoms with Crippen LogP contribution in [0.4, 0.5) is 11.4 Å². The molecular weight excluding hydrogens is 368 g/mol. The van der Waals surface area contributed by atoms with Crippen molar-refractivity contribution in [3.63, 3.8) is 0 Å². The molecule has 2 aliphatic rings. The first kappa shape index (κ1) is 19.5. The van der Waals surface area contributed by atoms with E-state index in [1.54, 1.807) is 12.1 Å². The summed E-state index contributed by atoms with van der Waals surface area (Å²) in [7, 11) is 0. The van der Waals surface area contributed by atoms with Crippen LogP contribution >= 0.6 is 0 Å². The normalized spacial score (nSPS) is 22.0. The first-order valence-corrected chi connectivity index (χ1v) is 10.1. The van der Waals surface area contributed by atoms with Gasteiger partial charge in [-0.05, 0) is 31.0 Å². The molecule has 0 N–H and O–H groups in total. The summed E-state index contributed by atoms with van der Waals surface area (Å²) in [5, 5.41) is 11.1. The highest BCUT2D eigenvalue weighted by molar-refractivity contribution is 5.99. The Labute approximate surface area is 170 Å². The third-order valence-electron chi connectivity index (χ3n) is 6.15. The van der Waals surface area contributed by atoms with E-state index in [-0.39, 0.29) is 28.6 Å². The van der Waals surface area contributed by atoms with Crippen LogP contribution in [0.2, 0.25) is 0 Å². The molecule has 2 saturated heterocycles. The summed E-state index contributed by atoms with van der Waals surface area (Å²) in [5.41, 5.74) is 2.06. The highest BCUT2D eigenvalue weighted by Gasteiger charge is 2.38. The van der Waals surface area contributed by atoms with Crippen LogP contribution in [0.25, 0.3) is 0 Å². The van der Waals surface area contributed by atoms with E-state index < -0.39 is 0 Å². The zero-order valence-electron chi connectivity index (χ0n) is 16.6. The molecule has 2 aliphatic heterocycles. The van der Waals surface area contributed by atoms with Crippen LogP contribution in [-0.2, 0) is 4.79 Å². The molecule has 0 radical (unpaired) electrons. The second-order valence-corrected chi connectivity index (χ2v) is 7.73. The smallest absolute Gasteiger partial charge is 0.269 e. The molecule has 2 heterocycles. The number of carbonyl (C=O) groups excluding carboxylic acids is 1. The number of hydrogen-bond donors (Lipinski definition) is 0. The molecule has 1 amide bonds. The highest BCUT2D eigenvalue weighted by atomic mass is 16.6. The van der Waals surface area contributed by atoms with Crippen molar-refractivity contribution < 1.29 is 9.72 Å². The van der Waals surface area contributed by atoms with Gasteiger partial charge in [-0.15, -0.1) is 0 Å². The Morgan fingerprint density at radius 2 is 1.72 bits per heavy atom. The van der Waals surface area contributed by atoms with Gasteiger partial charge in [0.05, 0.1) is 11.0 Å². The number of carbonyl (C=O) groups is 1. The lowest BCUT2D eigenvalue weighted by Gasteiger charge is -2.40. The Morgan fingerprint density at radius 3 is 2.41 bits per heavy atom. The fourth-order valence-electron chi connectivity index (χ4n) is 4.41. The van der Waals surface area contributed by atoms with Crippen LogP contribution in [0.3, 0.4) is 0 Å². The number of nitrogens with zero attached hydrogens (tertiary/aromatic N) is 4. The molecular formula is C22H26N4O3. The number of nitro benzene ring substituents is 1. The van der Waals surface area contributed by atoms with Gasteiger partial charge < -0.3 is 4.90 Å². The topological polar surface area (TPSA) is 69.9 Å². The minimum atomic E-state index is -0.349. The van der Waals surface area contributed by atoms with Crippen LogP contribution in [0, 0.1) is 10.1 Å². The molecule has 2 fully saturated rings. The maximum atomic E-state index is 13.0. The molecule has 7 nitrogen and oxygen atoms in total. The standard InChI is InChI=1S/C22H26N4O3/c1-17(18-6-5-9-20(16-18)26(28)29)23-12-14-24(15-13-23)21-10-11-25(22(21)27)19-7-3-2-4-8-19/h2-9,16-17,21H,10-15H2,1H3/t17-,21+/m0/s1. The third kappa shape index (κ3) is 4.02. The molecule has 2 aromatic carbocycles. The van der Waals surface area contributed by atoms with Gasteiger partial charge in [-0.25, -0.2) is 0 Å². The summed E-state index contributed by atoms with van der Waals surface area (Å²) in [4.78, 5) is 30.2. The number of non-ortho nitro benzene ring substituents is 1. The van der Waals surface area contributed by atoms with Gasteiger partial charge in [0.25, 0.3) is 5.69 Å². The Balaban J connectivity index is 1.37. The van der Waals surface area contributed by atoms with Gasteiger partial charge in [0.15, 0.2) is 0 Å². The second kappa shape index (κ2) is 8.31. The lowest BCUT2D eigenvalue weighted by atomic mass is 10.0. The minimum absolute atomic E-state index is 0.0505. The molecule has 2 aromatic rings. The molecule has 4 rings (SSSR count). The molecule has 0 aromatic heterocycles. The van der Waals surface area contributed by atoms with Crippen LogP contribution in [0.15, 0.2) is 54.6 Å². The average molecular weight is 394 g/mol. The van der Waals surface area contributed by atoms with Gasteiger partial charge >= 0.3 is 0 Å². The van der Waals surface area contributed by atoms with Crippen LogP contribution < -0.4 is 4.90 Å².